The van der Waals surface area contributed by atoms with E-state index < -0.39 is 0 Å². The van der Waals surface area contributed by atoms with Crippen LogP contribution in [0.3, 0.4) is 0 Å². The second-order valence-corrected chi connectivity index (χ2v) is 30.3. The Balaban J connectivity index is 0.612. The Labute approximate surface area is 598 Å². The van der Waals surface area contributed by atoms with E-state index in [1.807, 2.05) is 81.7 Å². The number of rotatable bonds is 9. The minimum absolute atomic E-state index is 0.602. The molecule has 102 heavy (non-hydrogen) atoms. The Morgan fingerprint density at radius 2 is 0.510 bits per heavy atom. The van der Waals surface area contributed by atoms with Gasteiger partial charge in [-0.15, -0.1) is 45.3 Å². The molecule has 14 aromatic carbocycles. The van der Waals surface area contributed by atoms with E-state index in [-0.39, 0.29) is 0 Å². The smallest absolute Gasteiger partial charge is 0.164 e. The Bertz CT molecular complexity index is 7140. The van der Waals surface area contributed by atoms with Gasteiger partial charge < -0.3 is 9.13 Å². The Hall–Kier alpha value is -12.4. The molecule has 22 rings (SSSR count). The Morgan fingerprint density at radius 1 is 0.196 bits per heavy atom. The van der Waals surface area contributed by atoms with Gasteiger partial charge in [-0.1, -0.05) is 231 Å². The van der Waals surface area contributed by atoms with E-state index in [1.54, 1.807) is 0 Å². The molecule has 8 heterocycles. The maximum absolute atomic E-state index is 5.37. The van der Waals surface area contributed by atoms with Crippen molar-refractivity contribution in [1.82, 2.24) is 39.0 Å². The maximum Gasteiger partial charge on any atom is 0.164 e. The predicted molar refractivity (Wildman–Crippen MR) is 431 cm³/mol. The van der Waals surface area contributed by atoms with Gasteiger partial charge in [0.05, 0.1) is 42.8 Å². The summed E-state index contributed by atoms with van der Waals surface area (Å²) in [6, 6.07) is 109. The van der Waals surface area contributed by atoms with Gasteiger partial charge in [0.2, 0.25) is 0 Å². The quantitative estimate of drug-likeness (QED) is 0.143. The van der Waals surface area contributed by atoms with E-state index in [4.69, 9.17) is 29.9 Å². The van der Waals surface area contributed by atoms with Crippen molar-refractivity contribution in [1.29, 1.82) is 0 Å². The van der Waals surface area contributed by atoms with E-state index in [0.717, 1.165) is 55.3 Å². The highest BCUT2D eigenvalue weighted by atomic mass is 32.1. The number of para-hydroxylation sites is 4. The van der Waals surface area contributed by atoms with Gasteiger partial charge in [-0.3, -0.25) is 0 Å². The molecule has 0 bridgehead atoms. The summed E-state index contributed by atoms with van der Waals surface area (Å²) in [6.45, 7) is 0. The molecule has 0 spiro atoms. The van der Waals surface area contributed by atoms with Crippen molar-refractivity contribution >= 4 is 170 Å². The normalized spacial score (nSPS) is 12.1. The number of thiophene rings is 4. The predicted octanol–water partition coefficient (Wildman–Crippen LogP) is 25.4. The molecule has 0 saturated carbocycles. The van der Waals surface area contributed by atoms with Crippen molar-refractivity contribution in [3.63, 3.8) is 0 Å². The highest BCUT2D eigenvalue weighted by Gasteiger charge is 2.24. The topological polar surface area (TPSA) is 87.2 Å². The number of nitrogens with zero attached hydrogens (tertiary/aromatic N) is 8. The van der Waals surface area contributed by atoms with Crippen molar-refractivity contribution in [2.45, 2.75) is 0 Å². The van der Waals surface area contributed by atoms with Crippen molar-refractivity contribution in [3.8, 4) is 90.8 Å². The van der Waals surface area contributed by atoms with E-state index in [2.05, 4.69) is 276 Å². The molecule has 0 fully saturated rings. The molecule has 8 aromatic heterocycles. The third-order valence-electron chi connectivity index (χ3n) is 20.3. The third-order valence-corrected chi connectivity index (χ3v) is 24.9. The lowest BCUT2D eigenvalue weighted by Gasteiger charge is -2.11. The summed E-state index contributed by atoms with van der Waals surface area (Å²) in [5.74, 6) is 3.70. The molecule has 0 amide bonds. The van der Waals surface area contributed by atoms with Gasteiger partial charge in [0.1, 0.15) is 0 Å². The fraction of sp³-hybridized carbons (Fsp3) is 0. The third kappa shape index (κ3) is 8.90. The van der Waals surface area contributed by atoms with Crippen LogP contribution in [-0.4, -0.2) is 39.0 Å². The van der Waals surface area contributed by atoms with E-state index in [1.165, 1.54) is 125 Å². The molecule has 22 aromatic rings. The summed E-state index contributed by atoms with van der Waals surface area (Å²) >= 11 is 7.38. The molecule has 0 radical (unpaired) electrons. The molecular formula is C90H50N8S4. The van der Waals surface area contributed by atoms with Crippen molar-refractivity contribution in [2.24, 2.45) is 0 Å². The molecule has 0 N–H and O–H groups in total. The monoisotopic (exact) mass is 1370 g/mol. The molecule has 0 aliphatic carbocycles. The standard InChI is InChI=1S/C90H50N8S4/c1-3-19-53(20-4-1)85-91-87(95-89(93-85)63-29-17-37-75-81(63)67-47-65-61-27-15-35-73(83(61)102-79(65)50-80(67)100-75)97-69-31-11-7-23-57(69)58-24-8-12-32-70(58)97)55-43-39-51(40-44-55)52-41-45-56(46-42-52)88-92-86(54-21-5-2-6-22-54)94-90(96-88)64-30-18-38-76-82(64)68-49-77-66(48-78(68)99-76)62-28-16-36-74(84(62)101-77)98-71-33-13-9-25-59(71)60-26-10-14-34-72(60)98/h1-50H. The van der Waals surface area contributed by atoms with Crippen LogP contribution in [-0.2, 0) is 0 Å². The van der Waals surface area contributed by atoms with Gasteiger partial charge in [-0.2, -0.15) is 0 Å². The lowest BCUT2D eigenvalue weighted by atomic mass is 10.0. The minimum atomic E-state index is 0.602. The van der Waals surface area contributed by atoms with Crippen LogP contribution in [0.2, 0.25) is 0 Å². The zero-order chi connectivity index (χ0) is 66.7. The van der Waals surface area contributed by atoms with Crippen LogP contribution >= 0.6 is 45.3 Å². The molecule has 0 aliphatic heterocycles. The van der Waals surface area contributed by atoms with Crippen LogP contribution in [0.5, 0.6) is 0 Å². The van der Waals surface area contributed by atoms with Crippen molar-refractivity contribution in [2.75, 3.05) is 0 Å². The first-order chi connectivity index (χ1) is 50.5. The van der Waals surface area contributed by atoms with Gasteiger partial charge in [-0.05, 0) is 83.9 Å². The number of aromatic nitrogens is 8. The SMILES string of the molecule is c1ccc(-c2nc(-c3ccc(-c4ccc(-c5nc(-c6ccccc6)nc(-c6cccc7sc8cc9sc%10c(-n%11c%12ccccc%12c%12ccccc%12%11)cccc%10c9cc8c67)n5)cc4)cc3)nc(-c3cccc4sc5cc6c(cc5c34)sc3c(-n4c5ccccc5c5ccccc54)cccc36)n2)cc1. The second-order valence-electron chi connectivity index (χ2n) is 26.0. The summed E-state index contributed by atoms with van der Waals surface area (Å²) < 4.78 is 14.8. The van der Waals surface area contributed by atoms with Crippen molar-refractivity contribution < 1.29 is 0 Å². The molecule has 0 atom stereocenters. The van der Waals surface area contributed by atoms with E-state index >= 15 is 0 Å². The highest BCUT2D eigenvalue weighted by Crippen LogP contribution is 2.50. The van der Waals surface area contributed by atoms with Crippen LogP contribution < -0.4 is 0 Å². The highest BCUT2D eigenvalue weighted by molar-refractivity contribution is 7.29. The van der Waals surface area contributed by atoms with Gasteiger partial charge in [0.25, 0.3) is 0 Å². The van der Waals surface area contributed by atoms with Crippen molar-refractivity contribution in [3.05, 3.63) is 303 Å². The largest absolute Gasteiger partial charge is 0.308 e. The van der Waals surface area contributed by atoms with Crippen LogP contribution in [0, 0.1) is 0 Å². The summed E-state index contributed by atoms with van der Waals surface area (Å²) in [4.78, 5) is 31.7. The molecule has 12 heteroatoms. The molecule has 8 nitrogen and oxygen atoms in total. The molecule has 0 saturated heterocycles. The Morgan fingerprint density at radius 3 is 0.951 bits per heavy atom. The van der Waals surface area contributed by atoms with Crippen LogP contribution in [0.15, 0.2) is 303 Å². The molecule has 0 unspecified atom stereocenters. The summed E-state index contributed by atoms with van der Waals surface area (Å²) in [7, 11) is 0. The average Bonchev–Trinajstić information content (AvgIpc) is 1.57. The number of hydrogen-bond acceptors (Lipinski definition) is 10. The Kier molecular flexibility index (Phi) is 12.7. The zero-order valence-electron chi connectivity index (χ0n) is 54.1. The number of benzene rings is 14. The fourth-order valence-corrected chi connectivity index (χ4v) is 20.4. The molecule has 0 aliphatic rings. The lowest BCUT2D eigenvalue weighted by Crippen LogP contribution is -2.00. The fourth-order valence-electron chi connectivity index (χ4n) is 15.6. The van der Waals surface area contributed by atoms with E-state index in [0.29, 0.717) is 34.9 Å². The van der Waals surface area contributed by atoms with Crippen LogP contribution in [0.25, 0.3) is 215 Å². The van der Waals surface area contributed by atoms with Gasteiger partial charge in [-0.25, -0.2) is 29.9 Å². The molecule has 474 valence electrons. The average molecular weight is 1370 g/mol. The summed E-state index contributed by atoms with van der Waals surface area (Å²) in [5.41, 5.74) is 14.9. The van der Waals surface area contributed by atoms with Crippen LogP contribution in [0.4, 0.5) is 0 Å². The number of hydrogen-bond donors (Lipinski definition) is 0. The van der Waals surface area contributed by atoms with Gasteiger partial charge in [0, 0.05) is 126 Å². The maximum atomic E-state index is 5.37. The molecular weight excluding hydrogens is 1320 g/mol. The first-order valence-corrected chi connectivity index (χ1v) is 37.2. The first-order valence-electron chi connectivity index (χ1n) is 34.0. The minimum Gasteiger partial charge on any atom is -0.308 e. The van der Waals surface area contributed by atoms with Gasteiger partial charge >= 0.3 is 0 Å². The lowest BCUT2D eigenvalue weighted by molar-refractivity contribution is 1.08. The van der Waals surface area contributed by atoms with Gasteiger partial charge in [0.15, 0.2) is 34.9 Å². The van der Waals surface area contributed by atoms with E-state index in [9.17, 15) is 0 Å². The zero-order valence-corrected chi connectivity index (χ0v) is 57.3. The number of fused-ring (bicyclic) bond motifs is 18. The van der Waals surface area contributed by atoms with Crippen LogP contribution in [0.1, 0.15) is 0 Å². The summed E-state index contributed by atoms with van der Waals surface area (Å²) in [5, 5.41) is 14.7. The first kappa shape index (κ1) is 57.5. The second kappa shape index (κ2) is 22.5. The summed E-state index contributed by atoms with van der Waals surface area (Å²) in [6.07, 6.45) is 0.